The summed E-state index contributed by atoms with van der Waals surface area (Å²) in [5.41, 5.74) is 0.293. The van der Waals surface area contributed by atoms with Crippen LogP contribution in [-0.4, -0.2) is 47.8 Å². The maximum absolute atomic E-state index is 14.0. The van der Waals surface area contributed by atoms with Crippen molar-refractivity contribution in [2.75, 3.05) is 13.1 Å². The van der Waals surface area contributed by atoms with E-state index in [1.807, 2.05) is 0 Å². The minimum Gasteiger partial charge on any atom is -0.352 e. The molecule has 2 fully saturated rings. The summed E-state index contributed by atoms with van der Waals surface area (Å²) in [5, 5.41) is 5.74. The van der Waals surface area contributed by atoms with Gasteiger partial charge in [-0.2, -0.15) is 0 Å². The summed E-state index contributed by atoms with van der Waals surface area (Å²) >= 11 is 0. The van der Waals surface area contributed by atoms with Crippen LogP contribution in [0.3, 0.4) is 0 Å². The minimum absolute atomic E-state index is 0.0265. The van der Waals surface area contributed by atoms with Gasteiger partial charge in [0, 0.05) is 24.7 Å². The average Bonchev–Trinajstić information content (AvgIpc) is 3.62. The van der Waals surface area contributed by atoms with Gasteiger partial charge in [0.15, 0.2) is 0 Å². The molecule has 4 rings (SSSR count). The van der Waals surface area contributed by atoms with Gasteiger partial charge in [-0.1, -0.05) is 12.1 Å². The molecule has 0 aromatic heterocycles. The number of piperidine rings is 1. The summed E-state index contributed by atoms with van der Waals surface area (Å²) in [7, 11) is 0. The van der Waals surface area contributed by atoms with Crippen LogP contribution in [0.5, 0.6) is 0 Å². The average molecular weight is 441 g/mol. The molecule has 2 aromatic rings. The first-order valence-corrected chi connectivity index (χ1v) is 10.8. The smallest absolute Gasteiger partial charge is 0.256 e. The quantitative estimate of drug-likeness (QED) is 0.724. The van der Waals surface area contributed by atoms with Crippen molar-refractivity contribution in [3.63, 3.8) is 0 Å². The lowest BCUT2D eigenvalue weighted by molar-refractivity contribution is -0.124. The fourth-order valence-corrected chi connectivity index (χ4v) is 3.98. The second kappa shape index (κ2) is 9.46. The Bertz CT molecular complexity index is 1000. The molecule has 3 amide bonds. The number of nitrogens with zero attached hydrogens (tertiary/aromatic N) is 1. The predicted molar refractivity (Wildman–Crippen MR) is 114 cm³/mol. The number of hydrogen-bond acceptors (Lipinski definition) is 3. The SMILES string of the molecule is O=C(N[C@@H](C(=O)NC1CC1)C1CCN(C(=O)c2ccccc2F)CC1)c1ccc(F)cc1. The lowest BCUT2D eigenvalue weighted by atomic mass is 9.88. The van der Waals surface area contributed by atoms with Crippen molar-refractivity contribution in [2.24, 2.45) is 5.92 Å². The standard InChI is InChI=1S/C24H25F2N3O3/c25-17-7-5-16(6-8-17)22(30)28-21(23(31)27-18-9-10-18)15-11-13-29(14-12-15)24(32)19-3-1-2-4-20(19)26/h1-8,15,18,21H,9-14H2,(H,27,31)(H,28,30)/t21-/m1/s1. The number of rotatable bonds is 6. The summed E-state index contributed by atoms with van der Waals surface area (Å²) < 4.78 is 27.2. The highest BCUT2D eigenvalue weighted by atomic mass is 19.1. The summed E-state index contributed by atoms with van der Waals surface area (Å²) in [6.45, 7) is 0.717. The third-order valence-corrected chi connectivity index (χ3v) is 6.00. The van der Waals surface area contributed by atoms with Gasteiger partial charge in [0.1, 0.15) is 17.7 Å². The molecule has 1 heterocycles. The van der Waals surface area contributed by atoms with Crippen molar-refractivity contribution in [3.8, 4) is 0 Å². The van der Waals surface area contributed by atoms with Crippen LogP contribution in [-0.2, 0) is 4.79 Å². The second-order valence-corrected chi connectivity index (χ2v) is 8.35. The number of amides is 3. The van der Waals surface area contributed by atoms with E-state index >= 15 is 0 Å². The normalized spacial score (nSPS) is 17.5. The van der Waals surface area contributed by atoms with Crippen LogP contribution in [0.25, 0.3) is 0 Å². The van der Waals surface area contributed by atoms with Crippen LogP contribution >= 0.6 is 0 Å². The highest BCUT2D eigenvalue weighted by Gasteiger charge is 2.36. The van der Waals surface area contributed by atoms with Crippen LogP contribution in [0.4, 0.5) is 8.78 Å². The van der Waals surface area contributed by atoms with Crippen molar-refractivity contribution in [3.05, 3.63) is 71.3 Å². The summed E-state index contributed by atoms with van der Waals surface area (Å²) in [6, 6.07) is 10.4. The Hall–Kier alpha value is -3.29. The van der Waals surface area contributed by atoms with E-state index in [9.17, 15) is 23.2 Å². The molecule has 32 heavy (non-hydrogen) atoms. The van der Waals surface area contributed by atoms with Gasteiger partial charge in [0.2, 0.25) is 5.91 Å². The fourth-order valence-electron chi connectivity index (χ4n) is 3.98. The predicted octanol–water partition coefficient (Wildman–Crippen LogP) is 2.89. The van der Waals surface area contributed by atoms with E-state index in [1.165, 1.54) is 42.5 Å². The Morgan fingerprint density at radius 2 is 1.56 bits per heavy atom. The Morgan fingerprint density at radius 1 is 0.906 bits per heavy atom. The van der Waals surface area contributed by atoms with E-state index in [0.717, 1.165) is 12.8 Å². The van der Waals surface area contributed by atoms with Crippen LogP contribution in [0.1, 0.15) is 46.4 Å². The number of nitrogens with one attached hydrogen (secondary N) is 2. The molecule has 8 heteroatoms. The summed E-state index contributed by atoms with van der Waals surface area (Å²) in [5.74, 6) is -2.27. The van der Waals surface area contributed by atoms with Crippen molar-refractivity contribution in [1.29, 1.82) is 0 Å². The lowest BCUT2D eigenvalue weighted by Gasteiger charge is -2.36. The molecule has 1 saturated heterocycles. The third-order valence-electron chi connectivity index (χ3n) is 6.00. The Balaban J connectivity index is 1.43. The molecule has 2 N–H and O–H groups in total. The van der Waals surface area contributed by atoms with Crippen LogP contribution in [0.15, 0.2) is 48.5 Å². The molecule has 2 aliphatic rings. The molecule has 0 bridgehead atoms. The van der Waals surface area contributed by atoms with E-state index in [4.69, 9.17) is 0 Å². The van der Waals surface area contributed by atoms with Gasteiger partial charge in [-0.15, -0.1) is 0 Å². The van der Waals surface area contributed by atoms with Gasteiger partial charge in [-0.25, -0.2) is 8.78 Å². The first-order chi connectivity index (χ1) is 15.4. The maximum Gasteiger partial charge on any atom is 0.256 e. The zero-order valence-electron chi connectivity index (χ0n) is 17.5. The molecule has 0 radical (unpaired) electrons. The molecular formula is C24H25F2N3O3. The Kier molecular flexibility index (Phi) is 6.48. The maximum atomic E-state index is 14.0. The third kappa shape index (κ3) is 5.12. The van der Waals surface area contributed by atoms with Gasteiger partial charge >= 0.3 is 0 Å². The first kappa shape index (κ1) is 21.9. The van der Waals surface area contributed by atoms with Crippen molar-refractivity contribution < 1.29 is 23.2 Å². The largest absolute Gasteiger partial charge is 0.352 e. The molecule has 2 aromatic carbocycles. The molecule has 0 unspecified atom stereocenters. The van der Waals surface area contributed by atoms with Gasteiger partial charge in [0.05, 0.1) is 5.56 Å². The summed E-state index contributed by atoms with van der Waals surface area (Å²) in [4.78, 5) is 39.8. The van der Waals surface area contributed by atoms with Crippen LogP contribution in [0.2, 0.25) is 0 Å². The zero-order chi connectivity index (χ0) is 22.7. The van der Waals surface area contributed by atoms with Gasteiger partial charge in [-0.3, -0.25) is 14.4 Å². The molecular weight excluding hydrogens is 416 g/mol. The van der Waals surface area contributed by atoms with Crippen molar-refractivity contribution in [1.82, 2.24) is 15.5 Å². The molecule has 1 aliphatic carbocycles. The van der Waals surface area contributed by atoms with Crippen molar-refractivity contribution >= 4 is 17.7 Å². The molecule has 168 valence electrons. The van der Waals surface area contributed by atoms with Crippen molar-refractivity contribution in [2.45, 2.75) is 37.8 Å². The molecule has 0 spiro atoms. The number of hydrogen-bond donors (Lipinski definition) is 2. The van der Waals surface area contributed by atoms with Crippen LogP contribution in [0, 0.1) is 17.6 Å². The number of likely N-dealkylation sites (tertiary alicyclic amines) is 1. The number of carbonyl (C=O) groups excluding carboxylic acids is 3. The van der Waals surface area contributed by atoms with Crippen LogP contribution < -0.4 is 10.6 Å². The highest BCUT2D eigenvalue weighted by Crippen LogP contribution is 2.25. The van der Waals surface area contributed by atoms with E-state index < -0.39 is 23.6 Å². The zero-order valence-corrected chi connectivity index (χ0v) is 17.5. The van der Waals surface area contributed by atoms with E-state index in [-0.39, 0.29) is 34.9 Å². The van der Waals surface area contributed by atoms with E-state index in [0.29, 0.717) is 25.9 Å². The number of benzene rings is 2. The molecule has 1 aliphatic heterocycles. The lowest BCUT2D eigenvalue weighted by Crippen LogP contribution is -2.54. The van der Waals surface area contributed by atoms with Gasteiger partial charge in [0.25, 0.3) is 11.8 Å². The van der Waals surface area contributed by atoms with Gasteiger partial charge < -0.3 is 15.5 Å². The molecule has 1 atom stereocenters. The first-order valence-electron chi connectivity index (χ1n) is 10.8. The minimum atomic E-state index is -0.765. The monoisotopic (exact) mass is 441 g/mol. The number of carbonyl (C=O) groups is 3. The Morgan fingerprint density at radius 3 is 2.19 bits per heavy atom. The van der Waals surface area contributed by atoms with E-state index in [1.54, 1.807) is 11.0 Å². The summed E-state index contributed by atoms with van der Waals surface area (Å²) in [6.07, 6.45) is 2.82. The fraction of sp³-hybridized carbons (Fsp3) is 0.375. The van der Waals surface area contributed by atoms with E-state index in [2.05, 4.69) is 10.6 Å². The van der Waals surface area contributed by atoms with Gasteiger partial charge in [-0.05, 0) is 68.0 Å². The topological polar surface area (TPSA) is 78.5 Å². The Labute approximate surface area is 185 Å². The number of halogens is 2. The second-order valence-electron chi connectivity index (χ2n) is 8.35. The molecule has 6 nitrogen and oxygen atoms in total. The molecule has 1 saturated carbocycles. The highest BCUT2D eigenvalue weighted by molar-refractivity contribution is 5.98.